The molecule has 0 saturated heterocycles. The largest absolute Gasteiger partial charge is 0.462 e. The van der Waals surface area contributed by atoms with Crippen molar-refractivity contribution in [3.8, 4) is 0 Å². The highest BCUT2D eigenvalue weighted by Crippen LogP contribution is 2.34. The molecule has 2 heterocycles. The molecule has 2 aromatic heterocycles. The van der Waals surface area contributed by atoms with Crippen LogP contribution in [0.2, 0.25) is 0 Å². The second-order valence-corrected chi connectivity index (χ2v) is 8.76. The Morgan fingerprint density at radius 1 is 1.06 bits per heavy atom. The number of carbonyl (C=O) groups is 4. The molecule has 3 rings (SSSR count). The summed E-state index contributed by atoms with van der Waals surface area (Å²) in [5.74, 6) is -1.63. The van der Waals surface area contributed by atoms with Crippen molar-refractivity contribution in [3.05, 3.63) is 74.3 Å². The molecule has 1 atom stereocenters. The van der Waals surface area contributed by atoms with Crippen molar-refractivity contribution in [2.75, 3.05) is 11.9 Å². The third-order valence-corrected chi connectivity index (χ3v) is 6.77. The van der Waals surface area contributed by atoms with E-state index in [0.717, 1.165) is 11.3 Å². The van der Waals surface area contributed by atoms with E-state index >= 15 is 0 Å². The van der Waals surface area contributed by atoms with Crippen LogP contribution in [0.15, 0.2) is 47.8 Å². The van der Waals surface area contributed by atoms with E-state index in [1.807, 2.05) is 0 Å². The molecule has 0 aliphatic carbocycles. The Morgan fingerprint density at radius 3 is 2.38 bits per heavy atom. The van der Waals surface area contributed by atoms with E-state index in [9.17, 15) is 19.2 Å². The summed E-state index contributed by atoms with van der Waals surface area (Å²) in [7, 11) is 0. The van der Waals surface area contributed by atoms with Crippen LogP contribution in [0, 0.1) is 6.92 Å². The van der Waals surface area contributed by atoms with Crippen molar-refractivity contribution in [1.29, 1.82) is 0 Å². The number of thiophene rings is 2. The molecule has 1 aromatic carbocycles. The van der Waals surface area contributed by atoms with Gasteiger partial charge in [-0.3, -0.25) is 14.4 Å². The van der Waals surface area contributed by atoms with Gasteiger partial charge in [0.15, 0.2) is 11.9 Å². The molecule has 166 valence electrons. The van der Waals surface area contributed by atoms with Crippen LogP contribution < -0.4 is 10.6 Å². The van der Waals surface area contributed by atoms with Crippen molar-refractivity contribution in [3.63, 3.8) is 0 Å². The predicted octanol–water partition coefficient (Wildman–Crippen LogP) is 4.55. The van der Waals surface area contributed by atoms with Crippen LogP contribution in [0.3, 0.4) is 0 Å². The van der Waals surface area contributed by atoms with Gasteiger partial charge in [-0.2, -0.15) is 0 Å². The van der Waals surface area contributed by atoms with Crippen LogP contribution in [0.4, 0.5) is 5.00 Å². The van der Waals surface area contributed by atoms with E-state index in [1.54, 1.807) is 61.7 Å². The Morgan fingerprint density at radius 2 is 1.78 bits per heavy atom. The lowest BCUT2D eigenvalue weighted by atomic mass is 10.1. The number of carbonyl (C=O) groups excluding carboxylic acids is 4. The molecule has 0 unspecified atom stereocenters. The number of rotatable bonds is 9. The number of nitrogens with one attached hydrogen (secondary N) is 2. The number of amides is 1. The second-order valence-electron chi connectivity index (χ2n) is 6.80. The molecule has 0 radical (unpaired) electrons. The number of hydrogen-bond donors (Lipinski definition) is 2. The summed E-state index contributed by atoms with van der Waals surface area (Å²) in [6.07, 6.45) is -1.16. The molecule has 0 spiro atoms. The minimum absolute atomic E-state index is 0.158. The standard InChI is InChI=1S/C23H22N2O5S2/c1-4-30-23(29)17-13(2)19(14(3)26)32-22(17)25-20(18(27)16-11-8-12-31-16)24-21(28)15-9-6-5-7-10-15/h5-12,20,25H,4H2,1-3H3,(H,24,28)/t20-/m0/s1. The number of Topliss-reactive ketones (excluding diaryl/α,β-unsaturated/α-hetero) is 2. The fourth-order valence-corrected chi connectivity index (χ4v) is 4.88. The Labute approximate surface area is 193 Å². The summed E-state index contributed by atoms with van der Waals surface area (Å²) in [6.45, 7) is 4.90. The molecular formula is C23H22N2O5S2. The van der Waals surface area contributed by atoms with E-state index in [0.29, 0.717) is 20.9 Å². The van der Waals surface area contributed by atoms with Gasteiger partial charge < -0.3 is 15.4 Å². The molecule has 0 bridgehead atoms. The van der Waals surface area contributed by atoms with Gasteiger partial charge in [0.1, 0.15) is 5.00 Å². The Balaban J connectivity index is 1.99. The maximum Gasteiger partial charge on any atom is 0.341 e. The molecular weight excluding hydrogens is 448 g/mol. The van der Waals surface area contributed by atoms with E-state index in [4.69, 9.17) is 4.74 Å². The third kappa shape index (κ3) is 5.12. The molecule has 7 nitrogen and oxygen atoms in total. The van der Waals surface area contributed by atoms with Crippen molar-refractivity contribution >= 4 is 51.1 Å². The second kappa shape index (κ2) is 10.3. The SMILES string of the molecule is CCOC(=O)c1c(N[C@H](NC(=O)c2ccccc2)C(=O)c2cccs2)sc(C(C)=O)c1C. The number of hydrogen-bond acceptors (Lipinski definition) is 8. The van der Waals surface area contributed by atoms with Crippen LogP contribution >= 0.6 is 22.7 Å². The molecule has 0 aliphatic heterocycles. The van der Waals surface area contributed by atoms with E-state index in [-0.39, 0.29) is 28.7 Å². The first-order valence-electron chi connectivity index (χ1n) is 9.85. The van der Waals surface area contributed by atoms with Crippen molar-refractivity contribution < 1.29 is 23.9 Å². The zero-order valence-electron chi connectivity index (χ0n) is 17.8. The summed E-state index contributed by atoms with van der Waals surface area (Å²) in [6, 6.07) is 11.9. The topological polar surface area (TPSA) is 102 Å². The maximum absolute atomic E-state index is 13.2. The van der Waals surface area contributed by atoms with Crippen LogP contribution in [0.1, 0.15) is 59.5 Å². The van der Waals surface area contributed by atoms with Crippen LogP contribution in [-0.4, -0.2) is 36.2 Å². The fraction of sp³-hybridized carbons (Fsp3) is 0.217. The molecule has 9 heteroatoms. The van der Waals surface area contributed by atoms with Gasteiger partial charge in [-0.15, -0.1) is 22.7 Å². The van der Waals surface area contributed by atoms with Gasteiger partial charge in [0.2, 0.25) is 5.78 Å². The molecule has 0 aliphatic rings. The minimum Gasteiger partial charge on any atom is -0.462 e. The Kier molecular flexibility index (Phi) is 7.55. The highest BCUT2D eigenvalue weighted by atomic mass is 32.1. The van der Waals surface area contributed by atoms with Gasteiger partial charge in [0.25, 0.3) is 5.91 Å². The molecule has 0 saturated carbocycles. The molecule has 2 N–H and O–H groups in total. The smallest absolute Gasteiger partial charge is 0.341 e. The number of esters is 1. The number of benzene rings is 1. The first kappa shape index (κ1) is 23.4. The van der Waals surface area contributed by atoms with Gasteiger partial charge >= 0.3 is 5.97 Å². The summed E-state index contributed by atoms with van der Waals surface area (Å²) < 4.78 is 5.15. The third-order valence-electron chi connectivity index (χ3n) is 4.56. The summed E-state index contributed by atoms with van der Waals surface area (Å²) in [4.78, 5) is 51.4. The Bertz CT molecular complexity index is 1140. The summed E-state index contributed by atoms with van der Waals surface area (Å²) in [5, 5.41) is 7.73. The van der Waals surface area contributed by atoms with Gasteiger partial charge in [-0.25, -0.2) is 4.79 Å². The van der Waals surface area contributed by atoms with E-state index in [2.05, 4.69) is 10.6 Å². The summed E-state index contributed by atoms with van der Waals surface area (Å²) >= 11 is 2.29. The minimum atomic E-state index is -1.16. The number of ketones is 2. The first-order chi connectivity index (χ1) is 15.3. The fourth-order valence-electron chi connectivity index (χ4n) is 3.06. The number of anilines is 1. The lowest BCUT2D eigenvalue weighted by Gasteiger charge is -2.20. The van der Waals surface area contributed by atoms with Crippen molar-refractivity contribution in [1.82, 2.24) is 5.32 Å². The number of ether oxygens (including phenoxy) is 1. The van der Waals surface area contributed by atoms with Gasteiger partial charge in [-0.1, -0.05) is 24.3 Å². The normalized spacial score (nSPS) is 11.5. The quantitative estimate of drug-likeness (QED) is 0.270. The predicted molar refractivity (Wildman–Crippen MR) is 125 cm³/mol. The van der Waals surface area contributed by atoms with Gasteiger partial charge in [0, 0.05) is 5.56 Å². The monoisotopic (exact) mass is 470 g/mol. The lowest BCUT2D eigenvalue weighted by molar-refractivity contribution is 0.0526. The van der Waals surface area contributed by atoms with Gasteiger partial charge in [-0.05, 0) is 49.9 Å². The van der Waals surface area contributed by atoms with Crippen LogP contribution in [-0.2, 0) is 4.74 Å². The Hall–Kier alpha value is -3.30. The van der Waals surface area contributed by atoms with Crippen molar-refractivity contribution in [2.45, 2.75) is 26.9 Å². The highest BCUT2D eigenvalue weighted by molar-refractivity contribution is 7.18. The maximum atomic E-state index is 13.2. The first-order valence-corrected chi connectivity index (χ1v) is 11.5. The highest BCUT2D eigenvalue weighted by Gasteiger charge is 2.29. The van der Waals surface area contributed by atoms with Gasteiger partial charge in [0.05, 0.1) is 21.9 Å². The van der Waals surface area contributed by atoms with E-state index in [1.165, 1.54) is 18.3 Å². The van der Waals surface area contributed by atoms with Crippen LogP contribution in [0.5, 0.6) is 0 Å². The molecule has 1 amide bonds. The average Bonchev–Trinajstić information content (AvgIpc) is 3.42. The van der Waals surface area contributed by atoms with E-state index < -0.39 is 18.0 Å². The lowest BCUT2D eigenvalue weighted by Crippen LogP contribution is -2.46. The molecule has 0 fully saturated rings. The van der Waals surface area contributed by atoms with Crippen LogP contribution in [0.25, 0.3) is 0 Å². The summed E-state index contributed by atoms with van der Waals surface area (Å²) in [5.41, 5.74) is 1.04. The zero-order valence-corrected chi connectivity index (χ0v) is 19.4. The molecule has 32 heavy (non-hydrogen) atoms. The van der Waals surface area contributed by atoms with Crippen molar-refractivity contribution in [2.24, 2.45) is 0 Å². The average molecular weight is 471 g/mol. The molecule has 3 aromatic rings. The zero-order chi connectivity index (χ0) is 23.3.